The molecule has 0 aromatic heterocycles. The number of amides is 1. The van der Waals surface area contributed by atoms with Crippen molar-refractivity contribution in [2.75, 3.05) is 7.11 Å². The Morgan fingerprint density at radius 2 is 2.22 bits per heavy atom. The number of rotatable bonds is 4. The number of benzene rings is 1. The maximum atomic E-state index is 12.0. The lowest BCUT2D eigenvalue weighted by atomic mass is 10.0. The highest BCUT2D eigenvalue weighted by molar-refractivity contribution is 5.79. The smallest absolute Gasteiger partial charge is 0.224 e. The molecule has 1 fully saturated rings. The minimum Gasteiger partial charge on any atom is -0.496 e. The van der Waals surface area contributed by atoms with Gasteiger partial charge >= 0.3 is 0 Å². The minimum atomic E-state index is -0.0280. The van der Waals surface area contributed by atoms with Crippen LogP contribution in [0.1, 0.15) is 24.8 Å². The zero-order chi connectivity index (χ0) is 13.0. The van der Waals surface area contributed by atoms with Gasteiger partial charge in [-0.25, -0.2) is 0 Å². The Bertz CT molecular complexity index is 420. The first-order valence-corrected chi connectivity index (χ1v) is 6.37. The third-order valence-electron chi connectivity index (χ3n) is 3.55. The average molecular weight is 248 g/mol. The number of hydrogen-bond donors (Lipinski definition) is 2. The van der Waals surface area contributed by atoms with E-state index in [-0.39, 0.29) is 17.9 Å². The van der Waals surface area contributed by atoms with Crippen molar-refractivity contribution in [2.24, 2.45) is 11.7 Å². The Morgan fingerprint density at radius 1 is 1.44 bits per heavy atom. The quantitative estimate of drug-likeness (QED) is 0.847. The molecule has 0 saturated heterocycles. The zero-order valence-electron chi connectivity index (χ0n) is 10.7. The van der Waals surface area contributed by atoms with E-state index in [0.717, 1.165) is 30.6 Å². The van der Waals surface area contributed by atoms with Crippen LogP contribution in [-0.4, -0.2) is 19.1 Å². The normalized spacial score (nSPS) is 22.8. The van der Waals surface area contributed by atoms with Gasteiger partial charge in [0.15, 0.2) is 0 Å². The molecular weight excluding hydrogens is 228 g/mol. The number of carbonyl (C=O) groups excluding carboxylic acids is 1. The van der Waals surface area contributed by atoms with E-state index in [1.165, 1.54) is 0 Å². The highest BCUT2D eigenvalue weighted by atomic mass is 16.5. The van der Waals surface area contributed by atoms with Crippen LogP contribution < -0.4 is 15.8 Å². The van der Waals surface area contributed by atoms with Gasteiger partial charge in [-0.15, -0.1) is 0 Å². The van der Waals surface area contributed by atoms with E-state index in [1.54, 1.807) is 7.11 Å². The molecule has 0 aliphatic heterocycles. The molecule has 1 aromatic rings. The predicted octanol–water partition coefficient (Wildman–Crippen LogP) is 1.44. The van der Waals surface area contributed by atoms with E-state index in [9.17, 15) is 4.79 Å². The van der Waals surface area contributed by atoms with Crippen molar-refractivity contribution in [1.82, 2.24) is 5.32 Å². The van der Waals surface area contributed by atoms with Crippen molar-refractivity contribution < 1.29 is 9.53 Å². The van der Waals surface area contributed by atoms with Gasteiger partial charge in [-0.2, -0.15) is 0 Å². The molecule has 4 heteroatoms. The van der Waals surface area contributed by atoms with Crippen LogP contribution in [-0.2, 0) is 11.3 Å². The first-order valence-electron chi connectivity index (χ1n) is 6.37. The molecule has 98 valence electrons. The Kier molecular flexibility index (Phi) is 4.20. The maximum Gasteiger partial charge on any atom is 0.224 e. The van der Waals surface area contributed by atoms with E-state index >= 15 is 0 Å². The van der Waals surface area contributed by atoms with Crippen molar-refractivity contribution in [3.8, 4) is 5.75 Å². The van der Waals surface area contributed by atoms with Crippen LogP contribution in [0.5, 0.6) is 5.75 Å². The van der Waals surface area contributed by atoms with Gasteiger partial charge in [0.05, 0.1) is 13.0 Å². The molecule has 18 heavy (non-hydrogen) atoms. The largest absolute Gasteiger partial charge is 0.496 e. The minimum absolute atomic E-state index is 0.0164. The van der Waals surface area contributed by atoms with E-state index < -0.39 is 0 Å². The fourth-order valence-electron chi connectivity index (χ4n) is 2.48. The number of methoxy groups -OCH3 is 1. The summed E-state index contributed by atoms with van der Waals surface area (Å²) in [6, 6.07) is 7.71. The van der Waals surface area contributed by atoms with Gasteiger partial charge in [-0.3, -0.25) is 4.79 Å². The first kappa shape index (κ1) is 12.9. The molecule has 2 rings (SSSR count). The standard InChI is InChI=1S/C14H20N2O2/c1-18-13-8-3-2-5-10(13)9-16-14(17)11-6-4-7-12(11)15/h2-3,5,8,11-12H,4,6-7,9,15H2,1H3,(H,16,17). The number of nitrogens with one attached hydrogen (secondary N) is 1. The highest BCUT2D eigenvalue weighted by Gasteiger charge is 2.29. The van der Waals surface area contributed by atoms with Crippen LogP contribution in [0.4, 0.5) is 0 Å². The molecule has 0 radical (unpaired) electrons. The second-order valence-corrected chi connectivity index (χ2v) is 4.73. The summed E-state index contributed by atoms with van der Waals surface area (Å²) in [6.07, 6.45) is 2.90. The summed E-state index contributed by atoms with van der Waals surface area (Å²) in [7, 11) is 1.63. The van der Waals surface area contributed by atoms with E-state index in [0.29, 0.717) is 6.54 Å². The SMILES string of the molecule is COc1ccccc1CNC(=O)C1CCCC1N. The summed E-state index contributed by atoms with van der Waals surface area (Å²) >= 11 is 0. The van der Waals surface area contributed by atoms with Gasteiger partial charge in [0.25, 0.3) is 0 Å². The Labute approximate surface area is 108 Å². The topological polar surface area (TPSA) is 64.3 Å². The molecule has 1 aliphatic carbocycles. The number of carbonyl (C=O) groups is 1. The maximum absolute atomic E-state index is 12.0. The van der Waals surface area contributed by atoms with Crippen molar-refractivity contribution >= 4 is 5.91 Å². The molecule has 2 unspecified atom stereocenters. The lowest BCUT2D eigenvalue weighted by Gasteiger charge is -2.16. The molecule has 1 amide bonds. The van der Waals surface area contributed by atoms with Crippen LogP contribution in [0.15, 0.2) is 24.3 Å². The molecule has 0 spiro atoms. The van der Waals surface area contributed by atoms with Gasteiger partial charge in [0.2, 0.25) is 5.91 Å². The lowest BCUT2D eigenvalue weighted by Crippen LogP contribution is -2.38. The molecule has 0 bridgehead atoms. The van der Waals surface area contributed by atoms with E-state index in [1.807, 2.05) is 24.3 Å². The van der Waals surface area contributed by atoms with Crippen molar-refractivity contribution in [2.45, 2.75) is 31.8 Å². The number of para-hydroxylation sites is 1. The summed E-state index contributed by atoms with van der Waals surface area (Å²) < 4.78 is 5.25. The average Bonchev–Trinajstić information content (AvgIpc) is 2.82. The molecule has 3 N–H and O–H groups in total. The van der Waals surface area contributed by atoms with E-state index in [2.05, 4.69) is 5.32 Å². The zero-order valence-corrected chi connectivity index (χ0v) is 10.7. The van der Waals surface area contributed by atoms with Gasteiger partial charge < -0.3 is 15.8 Å². The van der Waals surface area contributed by atoms with Gasteiger partial charge in [-0.1, -0.05) is 24.6 Å². The predicted molar refractivity (Wildman–Crippen MR) is 70.2 cm³/mol. The molecule has 1 aliphatic rings. The van der Waals surface area contributed by atoms with Gasteiger partial charge in [0.1, 0.15) is 5.75 Å². The second-order valence-electron chi connectivity index (χ2n) is 4.73. The van der Waals surface area contributed by atoms with Crippen LogP contribution in [0.3, 0.4) is 0 Å². The summed E-state index contributed by atoms with van der Waals surface area (Å²) in [5, 5.41) is 2.95. The first-order chi connectivity index (χ1) is 8.72. The van der Waals surface area contributed by atoms with Crippen LogP contribution in [0, 0.1) is 5.92 Å². The molecule has 2 atom stereocenters. The number of hydrogen-bond acceptors (Lipinski definition) is 3. The van der Waals surface area contributed by atoms with Crippen LogP contribution >= 0.6 is 0 Å². The van der Waals surface area contributed by atoms with Crippen molar-refractivity contribution in [3.05, 3.63) is 29.8 Å². The number of ether oxygens (including phenoxy) is 1. The van der Waals surface area contributed by atoms with E-state index in [4.69, 9.17) is 10.5 Å². The summed E-state index contributed by atoms with van der Waals surface area (Å²) in [5.74, 6) is 0.833. The monoisotopic (exact) mass is 248 g/mol. The van der Waals surface area contributed by atoms with Gasteiger partial charge in [-0.05, 0) is 18.9 Å². The highest BCUT2D eigenvalue weighted by Crippen LogP contribution is 2.24. The molecular formula is C14H20N2O2. The van der Waals surface area contributed by atoms with Crippen molar-refractivity contribution in [1.29, 1.82) is 0 Å². The Hall–Kier alpha value is -1.55. The Morgan fingerprint density at radius 3 is 2.89 bits per heavy atom. The van der Waals surface area contributed by atoms with Gasteiger partial charge in [0, 0.05) is 18.2 Å². The molecule has 1 aromatic carbocycles. The lowest BCUT2D eigenvalue weighted by molar-refractivity contribution is -0.125. The summed E-state index contributed by atoms with van der Waals surface area (Å²) in [5.41, 5.74) is 6.91. The van der Waals surface area contributed by atoms with Crippen LogP contribution in [0.2, 0.25) is 0 Å². The van der Waals surface area contributed by atoms with Crippen molar-refractivity contribution in [3.63, 3.8) is 0 Å². The molecule has 4 nitrogen and oxygen atoms in total. The number of nitrogens with two attached hydrogens (primary N) is 1. The Balaban J connectivity index is 1.93. The molecule has 1 saturated carbocycles. The third kappa shape index (κ3) is 2.82. The fourth-order valence-corrected chi connectivity index (χ4v) is 2.48. The summed E-state index contributed by atoms with van der Waals surface area (Å²) in [4.78, 5) is 12.0. The summed E-state index contributed by atoms with van der Waals surface area (Å²) in [6.45, 7) is 0.492. The molecule has 0 heterocycles. The third-order valence-corrected chi connectivity index (χ3v) is 3.55. The fraction of sp³-hybridized carbons (Fsp3) is 0.500. The second kappa shape index (κ2) is 5.87. The van der Waals surface area contributed by atoms with Crippen LogP contribution in [0.25, 0.3) is 0 Å².